The summed E-state index contributed by atoms with van der Waals surface area (Å²) >= 11 is 0. The molecule has 0 aromatic heterocycles. The highest BCUT2D eigenvalue weighted by molar-refractivity contribution is 5.94. The lowest BCUT2D eigenvalue weighted by Crippen LogP contribution is -2.57. The molecule has 0 spiro atoms. The van der Waals surface area contributed by atoms with Crippen LogP contribution >= 0.6 is 0 Å². The van der Waals surface area contributed by atoms with Crippen molar-refractivity contribution in [1.29, 1.82) is 0 Å². The van der Waals surface area contributed by atoms with E-state index in [1.165, 1.54) is 0 Å². The van der Waals surface area contributed by atoms with Crippen molar-refractivity contribution in [2.45, 2.75) is 83.0 Å². The van der Waals surface area contributed by atoms with Crippen molar-refractivity contribution >= 4 is 41.5 Å². The number of carbonyl (C=O) groups is 6. The maximum atomic E-state index is 13.0. The normalized spacial score (nSPS) is 13.9. The van der Waals surface area contributed by atoms with Crippen LogP contribution in [0.3, 0.4) is 0 Å². The second kappa shape index (κ2) is 17.5. The number of hydrogen-bond acceptors (Lipinski definition) is 8. The summed E-state index contributed by atoms with van der Waals surface area (Å²) in [6.07, 6.45) is -0.680. The summed E-state index contributed by atoms with van der Waals surface area (Å²) < 4.78 is 0. The van der Waals surface area contributed by atoms with Crippen LogP contribution in [0.5, 0.6) is 0 Å². The summed E-state index contributed by atoms with van der Waals surface area (Å²) in [7, 11) is 0. The van der Waals surface area contributed by atoms with Crippen molar-refractivity contribution in [3.05, 3.63) is 0 Å². The highest BCUT2D eigenvalue weighted by Gasteiger charge is 2.31. The molecule has 0 heterocycles. The van der Waals surface area contributed by atoms with Crippen LogP contribution in [0.2, 0.25) is 0 Å². The Hall–Kier alpha value is -3.95. The van der Waals surface area contributed by atoms with Crippen LogP contribution in [0.15, 0.2) is 4.99 Å². The summed E-state index contributed by atoms with van der Waals surface area (Å²) in [5.41, 5.74) is 21.3. The summed E-state index contributed by atoms with van der Waals surface area (Å²) in [6.45, 7) is 3.70. The number of aliphatic carboxylic acids is 2. The van der Waals surface area contributed by atoms with E-state index in [1.807, 2.05) is 0 Å². The minimum Gasteiger partial charge on any atom is -0.481 e. The van der Waals surface area contributed by atoms with Gasteiger partial charge < -0.3 is 49.1 Å². The molecule has 38 heavy (non-hydrogen) atoms. The monoisotopic (exact) mass is 544 g/mol. The number of amides is 4. The Balaban J connectivity index is 5.54. The van der Waals surface area contributed by atoms with Crippen LogP contribution in [-0.4, -0.2) is 82.5 Å². The number of carboxylic acid groups (broad SMARTS) is 2. The summed E-state index contributed by atoms with van der Waals surface area (Å²) in [6, 6.07) is -5.02. The molecule has 216 valence electrons. The highest BCUT2D eigenvalue weighted by Crippen LogP contribution is 2.09. The lowest BCUT2D eigenvalue weighted by molar-refractivity contribution is -0.143. The molecule has 4 atom stereocenters. The van der Waals surface area contributed by atoms with Crippen LogP contribution < -0.4 is 38.9 Å². The number of hydrogen-bond donors (Lipinski definition) is 9. The topological polar surface area (TPSA) is 295 Å². The van der Waals surface area contributed by atoms with Crippen molar-refractivity contribution in [3.8, 4) is 0 Å². The number of carboxylic acids is 2. The quantitative estimate of drug-likeness (QED) is 0.0450. The van der Waals surface area contributed by atoms with Crippen molar-refractivity contribution in [2.24, 2.45) is 33.8 Å². The molecule has 13 N–H and O–H groups in total. The molecule has 0 fully saturated rings. The number of rotatable bonds is 19. The number of carbonyl (C=O) groups excluding carboxylic acids is 4. The Morgan fingerprint density at radius 2 is 1.32 bits per heavy atom. The van der Waals surface area contributed by atoms with Crippen molar-refractivity contribution in [2.75, 3.05) is 6.54 Å². The van der Waals surface area contributed by atoms with E-state index in [0.717, 1.165) is 0 Å². The Bertz CT molecular complexity index is 875. The number of nitrogens with one attached hydrogen (secondary N) is 3. The number of nitrogens with zero attached hydrogens (tertiary/aromatic N) is 1. The fourth-order valence-electron chi connectivity index (χ4n) is 3.25. The number of aliphatic imine (C=N–C) groups is 1. The molecule has 0 bridgehead atoms. The molecule has 0 rings (SSSR count). The Kier molecular flexibility index (Phi) is 15.7. The van der Waals surface area contributed by atoms with Gasteiger partial charge >= 0.3 is 11.9 Å². The predicted octanol–water partition coefficient (Wildman–Crippen LogP) is -2.92. The standard InChI is InChI=1S/C22H40N8O8/c1-11(2)10-15(30-18(34)12(23)5-7-16(24)31)20(36)28-13(6-8-17(32)33)19(35)29-14(21(37)38)4-3-9-27-22(25)26/h11-15H,3-10,23H2,1-2H3,(H2,24,31)(H,28,36)(H,29,35)(H,30,34)(H,32,33)(H,37,38)(H4,25,26,27). The molecule has 16 heteroatoms. The summed E-state index contributed by atoms with van der Waals surface area (Å²) in [5.74, 6) is -5.91. The van der Waals surface area contributed by atoms with Crippen LogP contribution in [0.1, 0.15) is 58.8 Å². The molecule has 4 amide bonds. The maximum Gasteiger partial charge on any atom is 0.326 e. The third kappa shape index (κ3) is 15.2. The average molecular weight is 545 g/mol. The lowest BCUT2D eigenvalue weighted by atomic mass is 10.0. The molecule has 0 aliphatic rings. The first-order valence-electron chi connectivity index (χ1n) is 12.1. The summed E-state index contributed by atoms with van der Waals surface area (Å²) in [4.78, 5) is 75.8. The molecular weight excluding hydrogens is 504 g/mol. The van der Waals surface area contributed by atoms with E-state index in [4.69, 9.17) is 28.0 Å². The molecule has 0 aromatic rings. The molecule has 0 aromatic carbocycles. The predicted molar refractivity (Wildman–Crippen MR) is 136 cm³/mol. The van der Waals surface area contributed by atoms with Gasteiger partial charge in [-0.15, -0.1) is 0 Å². The van der Waals surface area contributed by atoms with E-state index in [0.29, 0.717) is 0 Å². The van der Waals surface area contributed by atoms with E-state index in [9.17, 15) is 33.9 Å². The SMILES string of the molecule is CC(C)CC(NC(=O)C(N)CCC(N)=O)C(=O)NC(CCC(=O)O)C(=O)NC(CCCN=C(N)N)C(=O)O. The van der Waals surface area contributed by atoms with Gasteiger partial charge in [-0.05, 0) is 38.0 Å². The van der Waals surface area contributed by atoms with E-state index >= 15 is 0 Å². The number of guanidine groups is 1. The van der Waals surface area contributed by atoms with Gasteiger partial charge in [-0.25, -0.2) is 4.79 Å². The molecule has 0 saturated heterocycles. The van der Waals surface area contributed by atoms with Gasteiger partial charge in [0, 0.05) is 19.4 Å². The van der Waals surface area contributed by atoms with E-state index < -0.39 is 66.2 Å². The maximum absolute atomic E-state index is 13.0. The van der Waals surface area contributed by atoms with Gasteiger partial charge in [-0.2, -0.15) is 0 Å². The minimum atomic E-state index is -1.41. The first-order chi connectivity index (χ1) is 17.6. The fraction of sp³-hybridized carbons (Fsp3) is 0.682. The third-order valence-electron chi connectivity index (χ3n) is 5.22. The minimum absolute atomic E-state index is 0.0350. The van der Waals surface area contributed by atoms with Gasteiger partial charge in [0.1, 0.15) is 18.1 Å². The molecule has 4 unspecified atom stereocenters. The first kappa shape index (κ1) is 34.0. The van der Waals surface area contributed by atoms with Crippen LogP contribution in [0, 0.1) is 5.92 Å². The van der Waals surface area contributed by atoms with Gasteiger partial charge in [0.2, 0.25) is 23.6 Å². The van der Waals surface area contributed by atoms with Gasteiger partial charge in [-0.3, -0.25) is 29.0 Å². The van der Waals surface area contributed by atoms with E-state index in [-0.39, 0.29) is 56.9 Å². The lowest BCUT2D eigenvalue weighted by Gasteiger charge is -2.26. The third-order valence-corrected chi connectivity index (χ3v) is 5.22. The van der Waals surface area contributed by atoms with Gasteiger partial charge in [0.25, 0.3) is 0 Å². The Morgan fingerprint density at radius 1 is 0.763 bits per heavy atom. The van der Waals surface area contributed by atoms with Gasteiger partial charge in [-0.1, -0.05) is 13.8 Å². The molecular formula is C22H40N8O8. The largest absolute Gasteiger partial charge is 0.481 e. The first-order valence-corrected chi connectivity index (χ1v) is 12.1. The zero-order valence-corrected chi connectivity index (χ0v) is 21.6. The molecule has 16 nitrogen and oxygen atoms in total. The second-order valence-corrected chi connectivity index (χ2v) is 9.14. The van der Waals surface area contributed by atoms with E-state index in [1.54, 1.807) is 13.8 Å². The molecule has 0 radical (unpaired) electrons. The zero-order valence-electron chi connectivity index (χ0n) is 21.6. The number of nitrogens with two attached hydrogens (primary N) is 4. The van der Waals surface area contributed by atoms with Crippen molar-refractivity contribution in [1.82, 2.24) is 16.0 Å². The number of primary amides is 1. The van der Waals surface area contributed by atoms with Crippen molar-refractivity contribution < 1.29 is 39.0 Å². The van der Waals surface area contributed by atoms with Crippen LogP contribution in [0.25, 0.3) is 0 Å². The fourth-order valence-corrected chi connectivity index (χ4v) is 3.25. The highest BCUT2D eigenvalue weighted by atomic mass is 16.4. The summed E-state index contributed by atoms with van der Waals surface area (Å²) in [5, 5.41) is 25.7. The van der Waals surface area contributed by atoms with Gasteiger partial charge in [0.15, 0.2) is 5.96 Å². The van der Waals surface area contributed by atoms with Gasteiger partial charge in [0.05, 0.1) is 6.04 Å². The van der Waals surface area contributed by atoms with E-state index in [2.05, 4.69) is 20.9 Å². The molecule has 0 aliphatic heterocycles. The molecule has 0 aliphatic carbocycles. The smallest absolute Gasteiger partial charge is 0.326 e. The Labute approximate surface area is 220 Å². The Morgan fingerprint density at radius 3 is 1.82 bits per heavy atom. The average Bonchev–Trinajstić information content (AvgIpc) is 2.80. The van der Waals surface area contributed by atoms with Crippen LogP contribution in [0.4, 0.5) is 0 Å². The molecule has 0 saturated carbocycles. The van der Waals surface area contributed by atoms with Crippen molar-refractivity contribution in [3.63, 3.8) is 0 Å². The zero-order chi connectivity index (χ0) is 29.4. The second-order valence-electron chi connectivity index (χ2n) is 9.14. The van der Waals surface area contributed by atoms with Crippen LogP contribution in [-0.2, 0) is 28.8 Å².